The first-order valence-electron chi connectivity index (χ1n) is 21.8. The van der Waals surface area contributed by atoms with Gasteiger partial charge in [-0.2, -0.15) is 0 Å². The molecule has 1 unspecified atom stereocenters. The summed E-state index contributed by atoms with van der Waals surface area (Å²) in [7, 11) is 0. The maximum Gasteiger partial charge on any atom is 0.0726 e. The van der Waals surface area contributed by atoms with Crippen molar-refractivity contribution in [3.8, 4) is 33.4 Å². The standard InChI is InChI=1S/C61H37NS/c1-2-14-38(15-3-1)39-26-28-40(29-27-39)62(41-31-33-60-54(34-41)50-22-10-13-25-59(50)63-60)42-30-32-49-47-20-8-11-23-55(47)61(57(49)35-42)56-24-12-9-21-48(56)53-36-51-45-18-6-4-16-43(45)44-17-5-7-19-46(44)52(51)37-58(53)61/h1-37H. The maximum absolute atomic E-state index is 2.56. The van der Waals surface area contributed by atoms with E-state index in [4.69, 9.17) is 0 Å². The molecular formula is C61H37NS. The summed E-state index contributed by atoms with van der Waals surface area (Å²) in [5.74, 6) is 0. The SMILES string of the molecule is c1ccc(-c2ccc(N(c3ccc4c(c3)C3(c5ccccc5-4)c4ccccc4-c4cc5c6ccccc6c6ccccc6c5cc43)c3ccc4sc5ccccc5c4c3)cc2)cc1. The number of rotatable bonds is 4. The molecule has 0 fully saturated rings. The van der Waals surface area contributed by atoms with Crippen LogP contribution in [0.25, 0.3) is 85.9 Å². The number of hydrogen-bond acceptors (Lipinski definition) is 2. The Morgan fingerprint density at radius 1 is 0.270 bits per heavy atom. The lowest BCUT2D eigenvalue weighted by atomic mass is 9.70. The van der Waals surface area contributed by atoms with Crippen LogP contribution >= 0.6 is 11.3 Å². The van der Waals surface area contributed by atoms with E-state index >= 15 is 0 Å². The maximum atomic E-state index is 2.56. The van der Waals surface area contributed by atoms with E-state index in [0.29, 0.717) is 0 Å². The lowest BCUT2D eigenvalue weighted by Gasteiger charge is -2.32. The molecule has 14 rings (SSSR count). The topological polar surface area (TPSA) is 3.24 Å². The molecule has 0 aliphatic heterocycles. The number of thiophene rings is 1. The number of fused-ring (bicyclic) bond motifs is 19. The van der Waals surface area contributed by atoms with Crippen molar-refractivity contribution in [1.82, 2.24) is 0 Å². The first kappa shape index (κ1) is 34.9. The summed E-state index contributed by atoms with van der Waals surface area (Å²) in [5.41, 5.74) is 15.9. The van der Waals surface area contributed by atoms with Gasteiger partial charge in [-0.1, -0.05) is 164 Å². The van der Waals surface area contributed by atoms with Crippen LogP contribution in [0.15, 0.2) is 224 Å². The van der Waals surface area contributed by atoms with Crippen LogP contribution in [0.3, 0.4) is 0 Å². The summed E-state index contributed by atoms with van der Waals surface area (Å²) in [6.07, 6.45) is 0. The van der Waals surface area contributed by atoms with Gasteiger partial charge in [0.2, 0.25) is 0 Å². The zero-order valence-corrected chi connectivity index (χ0v) is 35.0. The monoisotopic (exact) mass is 815 g/mol. The Morgan fingerprint density at radius 3 is 1.46 bits per heavy atom. The van der Waals surface area contributed by atoms with Crippen molar-refractivity contribution in [2.24, 2.45) is 0 Å². The summed E-state index contributed by atoms with van der Waals surface area (Å²) in [6, 6.07) is 84.2. The van der Waals surface area contributed by atoms with Crippen LogP contribution in [-0.4, -0.2) is 0 Å². The van der Waals surface area contributed by atoms with Gasteiger partial charge in [0.1, 0.15) is 0 Å². The second kappa shape index (κ2) is 13.1. The van der Waals surface area contributed by atoms with Crippen LogP contribution in [0.4, 0.5) is 17.1 Å². The summed E-state index contributed by atoms with van der Waals surface area (Å²) < 4.78 is 2.61. The largest absolute Gasteiger partial charge is 0.310 e. The molecule has 63 heavy (non-hydrogen) atoms. The summed E-state index contributed by atoms with van der Waals surface area (Å²) in [6.45, 7) is 0. The minimum Gasteiger partial charge on any atom is -0.310 e. The zero-order valence-electron chi connectivity index (χ0n) is 34.2. The normalized spacial score (nSPS) is 14.7. The van der Waals surface area contributed by atoms with Gasteiger partial charge in [-0.25, -0.2) is 0 Å². The Morgan fingerprint density at radius 2 is 0.746 bits per heavy atom. The zero-order chi connectivity index (χ0) is 41.2. The molecule has 11 aromatic carbocycles. The second-order valence-corrected chi connectivity index (χ2v) is 18.2. The predicted octanol–water partition coefficient (Wildman–Crippen LogP) is 17.0. The number of hydrogen-bond donors (Lipinski definition) is 0. The molecule has 1 spiro atoms. The van der Waals surface area contributed by atoms with Crippen molar-refractivity contribution in [3.63, 3.8) is 0 Å². The second-order valence-electron chi connectivity index (χ2n) is 17.1. The van der Waals surface area contributed by atoms with Gasteiger partial charge >= 0.3 is 0 Å². The van der Waals surface area contributed by atoms with Crippen molar-refractivity contribution in [3.05, 3.63) is 247 Å². The average molecular weight is 816 g/mol. The Balaban J connectivity index is 1.05. The van der Waals surface area contributed by atoms with Gasteiger partial charge in [-0.3, -0.25) is 0 Å². The molecule has 0 radical (unpaired) electrons. The Labute approximate surface area is 369 Å². The van der Waals surface area contributed by atoms with E-state index in [1.54, 1.807) is 0 Å². The van der Waals surface area contributed by atoms with Crippen molar-refractivity contribution in [1.29, 1.82) is 0 Å². The lowest BCUT2D eigenvalue weighted by Crippen LogP contribution is -2.26. The molecule has 0 N–H and O–H groups in total. The van der Waals surface area contributed by atoms with E-state index in [1.807, 2.05) is 11.3 Å². The van der Waals surface area contributed by atoms with E-state index in [9.17, 15) is 0 Å². The molecular weight excluding hydrogens is 779 g/mol. The van der Waals surface area contributed by atoms with Crippen LogP contribution in [-0.2, 0) is 5.41 Å². The third-order valence-electron chi connectivity index (χ3n) is 14.0. The molecule has 1 atom stereocenters. The highest BCUT2D eigenvalue weighted by molar-refractivity contribution is 7.25. The average Bonchev–Trinajstić information content (AvgIpc) is 3.97. The number of anilines is 3. The van der Waals surface area contributed by atoms with Crippen molar-refractivity contribution < 1.29 is 0 Å². The van der Waals surface area contributed by atoms with Gasteiger partial charge in [-0.15, -0.1) is 11.3 Å². The Bertz CT molecular complexity index is 3860. The van der Waals surface area contributed by atoms with E-state index in [0.717, 1.165) is 17.1 Å². The molecule has 1 nitrogen and oxygen atoms in total. The summed E-state index contributed by atoms with van der Waals surface area (Å²) >= 11 is 1.87. The molecule has 2 aliphatic carbocycles. The van der Waals surface area contributed by atoms with Crippen molar-refractivity contribution >= 4 is 80.9 Å². The summed E-state index contributed by atoms with van der Waals surface area (Å²) in [4.78, 5) is 2.47. The van der Waals surface area contributed by atoms with Crippen LogP contribution in [0.5, 0.6) is 0 Å². The van der Waals surface area contributed by atoms with Crippen molar-refractivity contribution in [2.45, 2.75) is 5.41 Å². The minimum absolute atomic E-state index is 0.523. The van der Waals surface area contributed by atoms with E-state index in [1.165, 1.54) is 108 Å². The van der Waals surface area contributed by atoms with Gasteiger partial charge in [0.05, 0.1) is 5.41 Å². The highest BCUT2D eigenvalue weighted by atomic mass is 32.1. The fourth-order valence-corrected chi connectivity index (χ4v) is 12.5. The first-order valence-corrected chi connectivity index (χ1v) is 22.6. The molecule has 1 aromatic heterocycles. The molecule has 2 heteroatoms. The first-order chi connectivity index (χ1) is 31.2. The van der Waals surface area contributed by atoms with Gasteiger partial charge in [0, 0.05) is 37.2 Å². The van der Waals surface area contributed by atoms with Gasteiger partial charge < -0.3 is 4.90 Å². The molecule has 0 saturated heterocycles. The molecule has 0 bridgehead atoms. The van der Waals surface area contributed by atoms with Gasteiger partial charge in [-0.05, 0) is 149 Å². The van der Waals surface area contributed by atoms with Gasteiger partial charge in [0.25, 0.3) is 0 Å². The van der Waals surface area contributed by atoms with Crippen LogP contribution in [0.1, 0.15) is 22.3 Å². The highest BCUT2D eigenvalue weighted by Gasteiger charge is 2.52. The van der Waals surface area contributed by atoms with E-state index < -0.39 is 5.41 Å². The molecule has 0 saturated carbocycles. The lowest BCUT2D eigenvalue weighted by molar-refractivity contribution is 0.795. The van der Waals surface area contributed by atoms with Crippen LogP contribution in [0.2, 0.25) is 0 Å². The minimum atomic E-state index is -0.523. The molecule has 2 aliphatic rings. The van der Waals surface area contributed by atoms with Crippen LogP contribution < -0.4 is 4.90 Å². The van der Waals surface area contributed by atoms with E-state index in [2.05, 4.69) is 229 Å². The van der Waals surface area contributed by atoms with Crippen molar-refractivity contribution in [2.75, 3.05) is 4.90 Å². The quantitative estimate of drug-likeness (QED) is 0.160. The number of benzene rings is 11. The molecule has 1 heterocycles. The number of nitrogens with zero attached hydrogens (tertiary/aromatic N) is 1. The third-order valence-corrected chi connectivity index (χ3v) is 15.2. The fraction of sp³-hybridized carbons (Fsp3) is 0.0164. The molecule has 12 aromatic rings. The Kier molecular flexibility index (Phi) is 7.26. The fourth-order valence-electron chi connectivity index (χ4n) is 11.4. The van der Waals surface area contributed by atoms with E-state index in [-0.39, 0.29) is 0 Å². The Hall–Kier alpha value is -7.78. The molecule has 292 valence electrons. The van der Waals surface area contributed by atoms with Crippen LogP contribution in [0, 0.1) is 0 Å². The predicted molar refractivity (Wildman–Crippen MR) is 268 cm³/mol. The molecule has 0 amide bonds. The summed E-state index contributed by atoms with van der Waals surface area (Å²) in [5, 5.41) is 10.4. The van der Waals surface area contributed by atoms with Gasteiger partial charge in [0.15, 0.2) is 0 Å². The highest BCUT2D eigenvalue weighted by Crippen LogP contribution is 2.64. The smallest absolute Gasteiger partial charge is 0.0726 e. The third kappa shape index (κ3) is 4.82.